The Bertz CT molecular complexity index is 626. The van der Waals surface area contributed by atoms with Crippen LogP contribution in [-0.4, -0.2) is 30.2 Å². The first kappa shape index (κ1) is 15.9. The molecule has 0 unspecified atom stereocenters. The monoisotopic (exact) mass is 302 g/mol. The van der Waals surface area contributed by atoms with E-state index in [4.69, 9.17) is 5.11 Å². The van der Waals surface area contributed by atoms with E-state index in [2.05, 4.69) is 4.72 Å². The lowest BCUT2D eigenvalue weighted by Gasteiger charge is -2.08. The predicted octanol–water partition coefficient (Wildman–Crippen LogP) is 1.51. The molecule has 1 rings (SSSR count). The number of rotatable bonds is 7. The molecule has 0 heterocycles. The van der Waals surface area contributed by atoms with Crippen molar-refractivity contribution in [1.82, 2.24) is 0 Å². The van der Waals surface area contributed by atoms with Gasteiger partial charge in [0, 0.05) is 23.7 Å². The molecule has 0 aliphatic carbocycles. The number of carboxylic acid groups (broad SMARTS) is 1. The largest absolute Gasteiger partial charge is 0.481 e. The number of nitro groups is 1. The minimum absolute atomic E-state index is 0.00334. The number of benzene rings is 1. The summed E-state index contributed by atoms with van der Waals surface area (Å²) in [5, 5.41) is 19.1. The topological polar surface area (TPSA) is 127 Å². The third-order valence-corrected chi connectivity index (χ3v) is 3.84. The summed E-state index contributed by atoms with van der Waals surface area (Å²) in [6.45, 7) is 1.50. The first-order chi connectivity index (χ1) is 9.21. The molecule has 0 aliphatic heterocycles. The lowest BCUT2D eigenvalue weighted by Crippen LogP contribution is -2.17. The Morgan fingerprint density at radius 1 is 1.45 bits per heavy atom. The SMILES string of the molecule is Cc1cc(NS(=O)(=O)CCCC(=O)O)ccc1[N+](=O)[O-]. The minimum atomic E-state index is -3.66. The number of nitrogens with one attached hydrogen (secondary N) is 1. The van der Waals surface area contributed by atoms with Crippen molar-refractivity contribution in [2.24, 2.45) is 0 Å². The average molecular weight is 302 g/mol. The maximum absolute atomic E-state index is 11.7. The fourth-order valence-corrected chi connectivity index (χ4v) is 2.68. The van der Waals surface area contributed by atoms with E-state index >= 15 is 0 Å². The zero-order valence-corrected chi connectivity index (χ0v) is 11.5. The van der Waals surface area contributed by atoms with E-state index in [1.54, 1.807) is 0 Å². The van der Waals surface area contributed by atoms with E-state index in [9.17, 15) is 23.3 Å². The van der Waals surface area contributed by atoms with Crippen LogP contribution in [0.25, 0.3) is 0 Å². The van der Waals surface area contributed by atoms with Crippen molar-refractivity contribution in [3.8, 4) is 0 Å². The molecule has 0 saturated heterocycles. The number of nitrogens with zero attached hydrogens (tertiary/aromatic N) is 1. The third kappa shape index (κ3) is 4.84. The highest BCUT2D eigenvalue weighted by molar-refractivity contribution is 7.92. The smallest absolute Gasteiger partial charge is 0.303 e. The van der Waals surface area contributed by atoms with E-state index < -0.39 is 20.9 Å². The molecule has 2 N–H and O–H groups in total. The second kappa shape index (κ2) is 6.33. The summed E-state index contributed by atoms with van der Waals surface area (Å²) in [5.74, 6) is -1.39. The van der Waals surface area contributed by atoms with Crippen LogP contribution < -0.4 is 4.72 Å². The van der Waals surface area contributed by atoms with Crippen LogP contribution in [0.3, 0.4) is 0 Å². The fourth-order valence-electron chi connectivity index (χ4n) is 1.57. The Hall–Kier alpha value is -2.16. The summed E-state index contributed by atoms with van der Waals surface area (Å²) in [5.41, 5.74) is 0.447. The van der Waals surface area contributed by atoms with Gasteiger partial charge in [0.15, 0.2) is 0 Å². The van der Waals surface area contributed by atoms with Crippen molar-refractivity contribution in [3.63, 3.8) is 0 Å². The molecule has 0 spiro atoms. The van der Waals surface area contributed by atoms with E-state index in [-0.39, 0.29) is 30.0 Å². The lowest BCUT2D eigenvalue weighted by molar-refractivity contribution is -0.385. The molecule has 0 radical (unpaired) electrons. The summed E-state index contributed by atoms with van der Waals surface area (Å²) >= 11 is 0. The Kier molecular flexibility index (Phi) is 5.03. The number of sulfonamides is 1. The van der Waals surface area contributed by atoms with Gasteiger partial charge in [-0.05, 0) is 25.5 Å². The van der Waals surface area contributed by atoms with Crippen molar-refractivity contribution >= 4 is 27.4 Å². The predicted molar refractivity (Wildman–Crippen MR) is 72.1 cm³/mol. The summed E-state index contributed by atoms with van der Waals surface area (Å²) < 4.78 is 25.6. The van der Waals surface area contributed by atoms with Gasteiger partial charge in [0.1, 0.15) is 0 Å². The Morgan fingerprint density at radius 3 is 2.60 bits per heavy atom. The van der Waals surface area contributed by atoms with E-state index in [0.29, 0.717) is 5.56 Å². The molecule has 0 atom stereocenters. The molecule has 0 fully saturated rings. The lowest BCUT2D eigenvalue weighted by atomic mass is 10.2. The quantitative estimate of drug-likeness (QED) is 0.580. The van der Waals surface area contributed by atoms with Crippen molar-refractivity contribution in [2.45, 2.75) is 19.8 Å². The molecular formula is C11H14N2O6S. The van der Waals surface area contributed by atoms with Crippen LogP contribution in [-0.2, 0) is 14.8 Å². The van der Waals surface area contributed by atoms with Gasteiger partial charge in [-0.2, -0.15) is 0 Å². The van der Waals surface area contributed by atoms with Crippen molar-refractivity contribution in [3.05, 3.63) is 33.9 Å². The normalized spacial score (nSPS) is 11.1. The zero-order chi connectivity index (χ0) is 15.3. The number of nitro benzene ring substituents is 1. The van der Waals surface area contributed by atoms with E-state index in [1.165, 1.54) is 25.1 Å². The molecule has 0 bridgehead atoms. The number of carboxylic acids is 1. The van der Waals surface area contributed by atoms with Gasteiger partial charge in [-0.25, -0.2) is 8.42 Å². The summed E-state index contributed by atoms with van der Waals surface area (Å²) in [6, 6.07) is 3.86. The van der Waals surface area contributed by atoms with Gasteiger partial charge in [-0.3, -0.25) is 19.6 Å². The number of anilines is 1. The van der Waals surface area contributed by atoms with Gasteiger partial charge in [-0.15, -0.1) is 0 Å². The number of aryl methyl sites for hydroxylation is 1. The maximum Gasteiger partial charge on any atom is 0.303 e. The van der Waals surface area contributed by atoms with Gasteiger partial charge in [-0.1, -0.05) is 0 Å². The molecule has 0 saturated carbocycles. The van der Waals surface area contributed by atoms with E-state index in [1.807, 2.05) is 0 Å². The number of hydrogen-bond donors (Lipinski definition) is 2. The second-order valence-corrected chi connectivity index (χ2v) is 6.02. The third-order valence-electron chi connectivity index (χ3n) is 2.47. The number of carbonyl (C=O) groups is 1. The molecule has 20 heavy (non-hydrogen) atoms. The van der Waals surface area contributed by atoms with Gasteiger partial charge in [0.05, 0.1) is 10.7 Å². The molecule has 0 amide bonds. The van der Waals surface area contributed by atoms with Gasteiger partial charge < -0.3 is 5.11 Å². The summed E-state index contributed by atoms with van der Waals surface area (Å²) in [4.78, 5) is 20.4. The highest BCUT2D eigenvalue weighted by Crippen LogP contribution is 2.22. The Labute approximate surface area is 115 Å². The van der Waals surface area contributed by atoms with Crippen LogP contribution in [0.1, 0.15) is 18.4 Å². The molecule has 110 valence electrons. The minimum Gasteiger partial charge on any atom is -0.481 e. The van der Waals surface area contributed by atoms with Gasteiger partial charge in [0.2, 0.25) is 10.0 Å². The van der Waals surface area contributed by atoms with Crippen molar-refractivity contribution in [1.29, 1.82) is 0 Å². The van der Waals surface area contributed by atoms with Crippen molar-refractivity contribution in [2.75, 3.05) is 10.5 Å². The molecule has 1 aromatic rings. The molecule has 8 nitrogen and oxygen atoms in total. The molecule has 9 heteroatoms. The highest BCUT2D eigenvalue weighted by atomic mass is 32.2. The first-order valence-electron chi connectivity index (χ1n) is 5.68. The Balaban J connectivity index is 2.75. The zero-order valence-electron chi connectivity index (χ0n) is 10.7. The van der Waals surface area contributed by atoms with Gasteiger partial charge >= 0.3 is 5.97 Å². The maximum atomic E-state index is 11.7. The van der Waals surface area contributed by atoms with E-state index in [0.717, 1.165) is 0 Å². The molecular weight excluding hydrogens is 288 g/mol. The van der Waals surface area contributed by atoms with Crippen LogP contribution in [0.2, 0.25) is 0 Å². The first-order valence-corrected chi connectivity index (χ1v) is 7.34. The highest BCUT2D eigenvalue weighted by Gasteiger charge is 2.14. The summed E-state index contributed by atoms with van der Waals surface area (Å²) in [6.07, 6.45) is -0.239. The standard InChI is InChI=1S/C11H14N2O6S/c1-8-7-9(4-5-10(8)13(16)17)12-20(18,19)6-2-3-11(14)15/h4-5,7,12H,2-3,6H2,1H3,(H,14,15). The summed E-state index contributed by atoms with van der Waals surface area (Å²) in [7, 11) is -3.66. The average Bonchev–Trinajstić information content (AvgIpc) is 2.26. The number of aliphatic carboxylic acids is 1. The van der Waals surface area contributed by atoms with Crippen LogP contribution in [0.15, 0.2) is 18.2 Å². The molecule has 1 aromatic carbocycles. The Morgan fingerprint density at radius 2 is 2.10 bits per heavy atom. The molecule has 0 aliphatic rings. The van der Waals surface area contributed by atoms with Crippen LogP contribution >= 0.6 is 0 Å². The fraction of sp³-hybridized carbons (Fsp3) is 0.364. The van der Waals surface area contributed by atoms with Crippen LogP contribution in [0.4, 0.5) is 11.4 Å². The molecule has 0 aromatic heterocycles. The van der Waals surface area contributed by atoms with Crippen LogP contribution in [0, 0.1) is 17.0 Å². The van der Waals surface area contributed by atoms with Gasteiger partial charge in [0.25, 0.3) is 5.69 Å². The van der Waals surface area contributed by atoms with Crippen molar-refractivity contribution < 1.29 is 23.2 Å². The number of hydrogen-bond acceptors (Lipinski definition) is 5. The van der Waals surface area contributed by atoms with Crippen LogP contribution in [0.5, 0.6) is 0 Å². The second-order valence-electron chi connectivity index (χ2n) is 4.18.